The van der Waals surface area contributed by atoms with Gasteiger partial charge in [0.05, 0.1) is 10.5 Å². The van der Waals surface area contributed by atoms with Gasteiger partial charge in [0, 0.05) is 5.02 Å². The number of hydrazine groups is 1. The average molecular weight is 380 g/mol. The van der Waals surface area contributed by atoms with E-state index < -0.39 is 23.5 Å². The summed E-state index contributed by atoms with van der Waals surface area (Å²) < 4.78 is 39.8. The first-order valence-electron chi connectivity index (χ1n) is 5.97. The highest BCUT2D eigenvalue weighted by atomic mass is 79.9. The molecule has 1 unspecified atom stereocenters. The van der Waals surface area contributed by atoms with Crippen molar-refractivity contribution in [2.45, 2.75) is 12.5 Å². The molecule has 0 aromatic heterocycles. The number of hydrogen-bond acceptors (Lipinski definition) is 2. The molecule has 0 radical (unpaired) electrons. The van der Waals surface area contributed by atoms with Crippen LogP contribution in [0.15, 0.2) is 34.8 Å². The SMILES string of the molecule is NNC(Cc1ccc(F)cc1Cl)c1ccc(F)c(F)c1Br. The van der Waals surface area contributed by atoms with Gasteiger partial charge in [-0.2, -0.15) is 0 Å². The van der Waals surface area contributed by atoms with E-state index in [1.165, 1.54) is 24.3 Å². The van der Waals surface area contributed by atoms with E-state index >= 15 is 0 Å². The normalized spacial score (nSPS) is 12.5. The Hall–Kier alpha value is -1.08. The maximum absolute atomic E-state index is 13.6. The molecule has 112 valence electrons. The van der Waals surface area contributed by atoms with Gasteiger partial charge in [-0.15, -0.1) is 0 Å². The number of nitrogens with one attached hydrogen (secondary N) is 1. The maximum atomic E-state index is 13.6. The Kier molecular flexibility index (Phi) is 5.27. The van der Waals surface area contributed by atoms with Crippen LogP contribution in [0.1, 0.15) is 17.2 Å². The van der Waals surface area contributed by atoms with E-state index in [4.69, 9.17) is 17.4 Å². The van der Waals surface area contributed by atoms with Crippen LogP contribution in [0.3, 0.4) is 0 Å². The zero-order chi connectivity index (χ0) is 15.6. The molecule has 0 saturated carbocycles. The minimum Gasteiger partial charge on any atom is -0.271 e. The van der Waals surface area contributed by atoms with E-state index in [-0.39, 0.29) is 9.50 Å². The van der Waals surface area contributed by atoms with Crippen molar-refractivity contribution >= 4 is 27.5 Å². The fourth-order valence-corrected chi connectivity index (χ4v) is 2.82. The summed E-state index contributed by atoms with van der Waals surface area (Å²) in [6.45, 7) is 0. The number of benzene rings is 2. The molecule has 2 aromatic carbocycles. The predicted molar refractivity (Wildman–Crippen MR) is 79.2 cm³/mol. The summed E-state index contributed by atoms with van der Waals surface area (Å²) in [5.74, 6) is 3.09. The second-order valence-electron chi connectivity index (χ2n) is 4.42. The van der Waals surface area contributed by atoms with E-state index in [0.29, 0.717) is 17.5 Å². The standard InChI is InChI=1S/C14H11BrClF3N2/c15-13-9(3-4-11(18)14(13)19)12(21-20)5-7-1-2-8(17)6-10(7)16/h1-4,6,12,21H,5,20H2. The lowest BCUT2D eigenvalue weighted by Gasteiger charge is -2.19. The van der Waals surface area contributed by atoms with E-state index in [1.54, 1.807) is 0 Å². The summed E-state index contributed by atoms with van der Waals surface area (Å²) in [7, 11) is 0. The highest BCUT2D eigenvalue weighted by Gasteiger charge is 2.19. The number of hydrogen-bond donors (Lipinski definition) is 2. The van der Waals surface area contributed by atoms with Crippen LogP contribution in [0.2, 0.25) is 5.02 Å². The second kappa shape index (κ2) is 6.79. The zero-order valence-electron chi connectivity index (χ0n) is 10.6. The van der Waals surface area contributed by atoms with Crippen LogP contribution in [0.25, 0.3) is 0 Å². The lowest BCUT2D eigenvalue weighted by molar-refractivity contribution is 0.491. The van der Waals surface area contributed by atoms with E-state index in [9.17, 15) is 13.2 Å². The maximum Gasteiger partial charge on any atom is 0.173 e. The van der Waals surface area contributed by atoms with Crippen LogP contribution in [0, 0.1) is 17.5 Å². The van der Waals surface area contributed by atoms with Gasteiger partial charge >= 0.3 is 0 Å². The van der Waals surface area contributed by atoms with Gasteiger partial charge in [0.1, 0.15) is 5.82 Å². The Labute approximate surface area is 133 Å². The fourth-order valence-electron chi connectivity index (χ4n) is 1.98. The average Bonchev–Trinajstić information content (AvgIpc) is 2.45. The quantitative estimate of drug-likeness (QED) is 0.473. The molecule has 0 saturated heterocycles. The third-order valence-corrected chi connectivity index (χ3v) is 4.24. The monoisotopic (exact) mass is 378 g/mol. The first-order chi connectivity index (χ1) is 9.93. The van der Waals surface area contributed by atoms with Gasteiger partial charge in [0.2, 0.25) is 0 Å². The van der Waals surface area contributed by atoms with Gasteiger partial charge < -0.3 is 0 Å². The molecule has 3 N–H and O–H groups in total. The summed E-state index contributed by atoms with van der Waals surface area (Å²) >= 11 is 8.97. The minimum atomic E-state index is -0.988. The molecule has 7 heteroatoms. The fraction of sp³-hybridized carbons (Fsp3) is 0.143. The van der Waals surface area contributed by atoms with Gasteiger partial charge in [-0.3, -0.25) is 11.3 Å². The van der Waals surface area contributed by atoms with Crippen LogP contribution in [0.4, 0.5) is 13.2 Å². The van der Waals surface area contributed by atoms with Gasteiger partial charge in [0.25, 0.3) is 0 Å². The molecule has 2 rings (SSSR count). The van der Waals surface area contributed by atoms with Crippen molar-refractivity contribution in [3.63, 3.8) is 0 Å². The van der Waals surface area contributed by atoms with E-state index in [0.717, 1.165) is 6.07 Å². The van der Waals surface area contributed by atoms with Gasteiger partial charge in [-0.05, 0) is 51.7 Å². The Morgan fingerprint density at radius 3 is 2.52 bits per heavy atom. The van der Waals surface area contributed by atoms with Crippen LogP contribution in [0.5, 0.6) is 0 Å². The second-order valence-corrected chi connectivity index (χ2v) is 5.62. The molecule has 0 spiro atoms. The van der Waals surface area contributed by atoms with Crippen LogP contribution in [-0.2, 0) is 6.42 Å². The van der Waals surface area contributed by atoms with Crippen molar-refractivity contribution in [1.82, 2.24) is 5.43 Å². The van der Waals surface area contributed by atoms with Crippen molar-refractivity contribution in [1.29, 1.82) is 0 Å². The minimum absolute atomic E-state index is 0.0105. The number of nitrogens with two attached hydrogens (primary N) is 1. The van der Waals surface area contributed by atoms with E-state index in [2.05, 4.69) is 21.4 Å². The third-order valence-electron chi connectivity index (χ3n) is 3.08. The van der Waals surface area contributed by atoms with Gasteiger partial charge in [-0.25, -0.2) is 13.2 Å². The summed E-state index contributed by atoms with van der Waals surface area (Å²) in [4.78, 5) is 0. The highest BCUT2D eigenvalue weighted by molar-refractivity contribution is 9.10. The topological polar surface area (TPSA) is 38.0 Å². The third kappa shape index (κ3) is 3.58. The Balaban J connectivity index is 2.34. The molecule has 1 atom stereocenters. The molecule has 21 heavy (non-hydrogen) atoms. The predicted octanol–water partition coefficient (Wildman–Crippen LogP) is 4.27. The van der Waals surface area contributed by atoms with Crippen molar-refractivity contribution in [2.75, 3.05) is 0 Å². The van der Waals surface area contributed by atoms with Crippen molar-refractivity contribution in [3.8, 4) is 0 Å². The molecule has 0 fully saturated rings. The van der Waals surface area contributed by atoms with Gasteiger partial charge in [-0.1, -0.05) is 23.7 Å². The molecule has 0 amide bonds. The first-order valence-corrected chi connectivity index (χ1v) is 7.14. The summed E-state index contributed by atoms with van der Waals surface area (Å²) in [6.07, 6.45) is 0.291. The lowest BCUT2D eigenvalue weighted by atomic mass is 9.99. The van der Waals surface area contributed by atoms with Crippen molar-refractivity contribution < 1.29 is 13.2 Å². The van der Waals surface area contributed by atoms with Crippen LogP contribution < -0.4 is 11.3 Å². The van der Waals surface area contributed by atoms with Crippen molar-refractivity contribution in [3.05, 3.63) is 68.4 Å². The zero-order valence-corrected chi connectivity index (χ0v) is 13.0. The summed E-state index contributed by atoms with van der Waals surface area (Å²) in [5, 5.41) is 0.244. The smallest absolute Gasteiger partial charge is 0.173 e. The Morgan fingerprint density at radius 1 is 1.19 bits per heavy atom. The highest BCUT2D eigenvalue weighted by Crippen LogP contribution is 2.31. The van der Waals surface area contributed by atoms with E-state index in [1.807, 2.05) is 0 Å². The lowest BCUT2D eigenvalue weighted by Crippen LogP contribution is -2.30. The largest absolute Gasteiger partial charge is 0.271 e. The molecule has 0 aliphatic carbocycles. The Morgan fingerprint density at radius 2 is 1.90 bits per heavy atom. The molecule has 0 heterocycles. The Bertz CT molecular complexity index is 667. The molecular weight excluding hydrogens is 369 g/mol. The molecule has 0 bridgehead atoms. The van der Waals surface area contributed by atoms with Crippen LogP contribution in [-0.4, -0.2) is 0 Å². The van der Waals surface area contributed by atoms with Gasteiger partial charge in [0.15, 0.2) is 11.6 Å². The first kappa shape index (κ1) is 16.3. The number of rotatable bonds is 4. The molecule has 0 aliphatic rings. The molecular formula is C14H11BrClF3N2. The molecule has 2 aromatic rings. The molecule has 0 aliphatic heterocycles. The summed E-state index contributed by atoms with van der Waals surface area (Å²) in [5.41, 5.74) is 3.60. The summed E-state index contributed by atoms with van der Waals surface area (Å²) in [6, 6.07) is 5.91. The van der Waals surface area contributed by atoms with Crippen LogP contribution >= 0.6 is 27.5 Å². The van der Waals surface area contributed by atoms with Crippen molar-refractivity contribution in [2.24, 2.45) is 5.84 Å². The molecule has 2 nitrogen and oxygen atoms in total. The number of halogens is 5.